The van der Waals surface area contributed by atoms with Crippen molar-refractivity contribution in [2.45, 2.75) is 31.8 Å². The molecule has 0 aromatic heterocycles. The maximum Gasteiger partial charge on any atom is 0.147 e. The number of halogens is 1. The third kappa shape index (κ3) is 2.54. The van der Waals surface area contributed by atoms with Gasteiger partial charge in [-0.25, -0.2) is 4.39 Å². The normalized spacial score (nSPS) is 17.1. The number of hydrogen-bond donors (Lipinski definition) is 1. The molecule has 0 spiro atoms. The number of rotatable bonds is 4. The standard InChI is InChI=1S/C18H19FN2/c19-16-11-13(12-20-15-6-7-15)5-8-18(16)21-10-9-14-3-1-2-4-17(14)21/h1-5,8,11,15,20H,6-7,9-10,12H2. The second kappa shape index (κ2) is 5.15. The highest BCUT2D eigenvalue weighted by atomic mass is 19.1. The summed E-state index contributed by atoms with van der Waals surface area (Å²) in [6, 6.07) is 14.5. The molecule has 4 rings (SSSR count). The van der Waals surface area contributed by atoms with E-state index in [0.717, 1.165) is 30.8 Å². The number of anilines is 2. The Hall–Kier alpha value is -1.87. The summed E-state index contributed by atoms with van der Waals surface area (Å²) in [5.74, 6) is -0.123. The molecule has 2 aromatic carbocycles. The van der Waals surface area contributed by atoms with E-state index in [0.29, 0.717) is 11.7 Å². The summed E-state index contributed by atoms with van der Waals surface area (Å²) in [6.07, 6.45) is 3.50. The van der Waals surface area contributed by atoms with E-state index in [9.17, 15) is 4.39 Å². The van der Waals surface area contributed by atoms with Gasteiger partial charge in [0.1, 0.15) is 5.82 Å². The highest BCUT2D eigenvalue weighted by Crippen LogP contribution is 2.35. The smallest absolute Gasteiger partial charge is 0.147 e. The minimum atomic E-state index is -0.123. The lowest BCUT2D eigenvalue weighted by Crippen LogP contribution is -2.17. The maximum absolute atomic E-state index is 14.5. The zero-order valence-electron chi connectivity index (χ0n) is 12.0. The van der Waals surface area contributed by atoms with Crippen molar-refractivity contribution in [2.24, 2.45) is 0 Å². The van der Waals surface area contributed by atoms with E-state index in [1.54, 1.807) is 6.07 Å². The van der Waals surface area contributed by atoms with Gasteiger partial charge in [-0.05, 0) is 48.6 Å². The molecule has 0 bridgehead atoms. The van der Waals surface area contributed by atoms with Crippen LogP contribution in [0.4, 0.5) is 15.8 Å². The first kappa shape index (κ1) is 12.8. The van der Waals surface area contributed by atoms with Crippen LogP contribution in [0.25, 0.3) is 0 Å². The molecule has 0 saturated heterocycles. The van der Waals surface area contributed by atoms with Gasteiger partial charge in [-0.15, -0.1) is 0 Å². The van der Waals surface area contributed by atoms with Crippen molar-refractivity contribution in [2.75, 3.05) is 11.4 Å². The average Bonchev–Trinajstić information content (AvgIpc) is 3.24. The second-order valence-electron chi connectivity index (χ2n) is 5.97. The Labute approximate surface area is 124 Å². The lowest BCUT2D eigenvalue weighted by Gasteiger charge is -2.20. The van der Waals surface area contributed by atoms with Crippen LogP contribution < -0.4 is 10.2 Å². The predicted molar refractivity (Wildman–Crippen MR) is 83.4 cm³/mol. The Kier molecular flexibility index (Phi) is 3.15. The zero-order valence-corrected chi connectivity index (χ0v) is 12.0. The number of nitrogens with zero attached hydrogens (tertiary/aromatic N) is 1. The van der Waals surface area contributed by atoms with E-state index in [1.807, 2.05) is 24.3 Å². The third-order valence-corrected chi connectivity index (χ3v) is 4.36. The molecule has 1 aliphatic heterocycles. The van der Waals surface area contributed by atoms with Crippen molar-refractivity contribution < 1.29 is 4.39 Å². The SMILES string of the molecule is Fc1cc(CNC2CC2)ccc1N1CCc2ccccc21. The van der Waals surface area contributed by atoms with E-state index in [1.165, 1.54) is 18.4 Å². The summed E-state index contributed by atoms with van der Waals surface area (Å²) in [4.78, 5) is 2.09. The van der Waals surface area contributed by atoms with Gasteiger partial charge in [-0.2, -0.15) is 0 Å². The summed E-state index contributed by atoms with van der Waals surface area (Å²) in [5.41, 5.74) is 4.15. The van der Waals surface area contributed by atoms with E-state index in [-0.39, 0.29) is 5.82 Å². The minimum Gasteiger partial charge on any atom is -0.339 e. The van der Waals surface area contributed by atoms with Crippen LogP contribution in [0.1, 0.15) is 24.0 Å². The Morgan fingerprint density at radius 1 is 1.10 bits per heavy atom. The summed E-state index contributed by atoms with van der Waals surface area (Å²) in [7, 11) is 0. The molecule has 0 amide bonds. The van der Waals surface area contributed by atoms with E-state index < -0.39 is 0 Å². The summed E-state index contributed by atoms with van der Waals surface area (Å²) >= 11 is 0. The van der Waals surface area contributed by atoms with Crippen molar-refractivity contribution in [3.05, 3.63) is 59.4 Å². The number of benzene rings is 2. The molecule has 1 N–H and O–H groups in total. The first-order chi connectivity index (χ1) is 10.3. The van der Waals surface area contributed by atoms with Crippen LogP contribution in [0, 0.1) is 5.82 Å². The van der Waals surface area contributed by atoms with Crippen molar-refractivity contribution in [1.82, 2.24) is 5.32 Å². The maximum atomic E-state index is 14.5. The van der Waals surface area contributed by atoms with Crippen LogP contribution in [0.3, 0.4) is 0 Å². The lowest BCUT2D eigenvalue weighted by atomic mass is 10.1. The highest BCUT2D eigenvalue weighted by molar-refractivity contribution is 5.70. The minimum absolute atomic E-state index is 0.123. The van der Waals surface area contributed by atoms with E-state index in [2.05, 4.69) is 22.3 Å². The van der Waals surface area contributed by atoms with Crippen molar-refractivity contribution in [1.29, 1.82) is 0 Å². The monoisotopic (exact) mass is 282 g/mol. The van der Waals surface area contributed by atoms with Gasteiger partial charge in [0.25, 0.3) is 0 Å². The van der Waals surface area contributed by atoms with Crippen LogP contribution in [0.2, 0.25) is 0 Å². The lowest BCUT2D eigenvalue weighted by molar-refractivity contribution is 0.618. The molecule has 0 unspecified atom stereocenters. The second-order valence-corrected chi connectivity index (χ2v) is 5.97. The molecule has 2 aromatic rings. The molecule has 0 atom stereocenters. The number of para-hydroxylation sites is 1. The molecule has 21 heavy (non-hydrogen) atoms. The van der Waals surface area contributed by atoms with E-state index in [4.69, 9.17) is 0 Å². The fourth-order valence-corrected chi connectivity index (χ4v) is 3.02. The average molecular weight is 282 g/mol. The van der Waals surface area contributed by atoms with Gasteiger partial charge in [0.15, 0.2) is 0 Å². The quantitative estimate of drug-likeness (QED) is 0.918. The molecule has 1 heterocycles. The van der Waals surface area contributed by atoms with Gasteiger partial charge in [0.2, 0.25) is 0 Å². The molecular weight excluding hydrogens is 263 g/mol. The summed E-state index contributed by atoms with van der Waals surface area (Å²) in [5, 5.41) is 3.42. The Morgan fingerprint density at radius 3 is 2.76 bits per heavy atom. The van der Waals surface area contributed by atoms with Gasteiger partial charge in [-0.3, -0.25) is 0 Å². The highest BCUT2D eigenvalue weighted by Gasteiger charge is 2.23. The van der Waals surface area contributed by atoms with Crippen molar-refractivity contribution >= 4 is 11.4 Å². The number of nitrogens with one attached hydrogen (secondary N) is 1. The summed E-state index contributed by atoms with van der Waals surface area (Å²) < 4.78 is 14.5. The fourth-order valence-electron chi connectivity index (χ4n) is 3.02. The molecule has 108 valence electrons. The van der Waals surface area contributed by atoms with Crippen LogP contribution in [-0.4, -0.2) is 12.6 Å². The van der Waals surface area contributed by atoms with Gasteiger partial charge in [0.05, 0.1) is 5.69 Å². The van der Waals surface area contributed by atoms with Crippen LogP contribution in [0.15, 0.2) is 42.5 Å². The van der Waals surface area contributed by atoms with Gasteiger partial charge in [-0.1, -0.05) is 24.3 Å². The summed E-state index contributed by atoms with van der Waals surface area (Å²) in [6.45, 7) is 1.62. The first-order valence-electron chi connectivity index (χ1n) is 7.68. The van der Waals surface area contributed by atoms with Crippen molar-refractivity contribution in [3.63, 3.8) is 0 Å². The van der Waals surface area contributed by atoms with Crippen LogP contribution in [0.5, 0.6) is 0 Å². The fraction of sp³-hybridized carbons (Fsp3) is 0.333. The van der Waals surface area contributed by atoms with Gasteiger partial charge < -0.3 is 10.2 Å². The molecular formula is C18H19FN2. The molecule has 2 nitrogen and oxygen atoms in total. The zero-order chi connectivity index (χ0) is 14.2. The molecule has 1 fully saturated rings. The topological polar surface area (TPSA) is 15.3 Å². The third-order valence-electron chi connectivity index (χ3n) is 4.36. The Bertz CT molecular complexity index is 664. The largest absolute Gasteiger partial charge is 0.339 e. The molecule has 2 aliphatic rings. The predicted octanol–water partition coefficient (Wildman–Crippen LogP) is 3.77. The van der Waals surface area contributed by atoms with Crippen LogP contribution >= 0.6 is 0 Å². The van der Waals surface area contributed by atoms with Gasteiger partial charge in [0, 0.05) is 24.8 Å². The Balaban J connectivity index is 1.58. The van der Waals surface area contributed by atoms with Crippen molar-refractivity contribution in [3.8, 4) is 0 Å². The van der Waals surface area contributed by atoms with E-state index >= 15 is 0 Å². The molecule has 1 aliphatic carbocycles. The van der Waals surface area contributed by atoms with Crippen LogP contribution in [-0.2, 0) is 13.0 Å². The first-order valence-corrected chi connectivity index (χ1v) is 7.68. The Morgan fingerprint density at radius 2 is 1.95 bits per heavy atom. The number of hydrogen-bond acceptors (Lipinski definition) is 2. The molecule has 3 heteroatoms. The molecule has 0 radical (unpaired) electrons. The molecule has 1 saturated carbocycles. The van der Waals surface area contributed by atoms with Gasteiger partial charge >= 0.3 is 0 Å². The number of fused-ring (bicyclic) bond motifs is 1.